The van der Waals surface area contributed by atoms with E-state index in [1.165, 1.54) is 0 Å². The van der Waals surface area contributed by atoms with E-state index in [9.17, 15) is 9.59 Å². The first kappa shape index (κ1) is 18.5. The van der Waals surface area contributed by atoms with Gasteiger partial charge in [-0.05, 0) is 38.1 Å². The van der Waals surface area contributed by atoms with Crippen molar-refractivity contribution < 1.29 is 9.59 Å². The van der Waals surface area contributed by atoms with Crippen LogP contribution in [-0.2, 0) is 4.79 Å². The van der Waals surface area contributed by atoms with Gasteiger partial charge in [0.2, 0.25) is 5.91 Å². The van der Waals surface area contributed by atoms with Gasteiger partial charge in [-0.15, -0.1) is 0 Å². The zero-order valence-electron chi connectivity index (χ0n) is 14.7. The van der Waals surface area contributed by atoms with E-state index in [-0.39, 0.29) is 17.0 Å². The smallest absolute Gasteiger partial charge is 0.322 e. The lowest BCUT2D eigenvalue weighted by molar-refractivity contribution is -0.136. The highest BCUT2D eigenvalue weighted by molar-refractivity contribution is 6.32. The Morgan fingerprint density at radius 2 is 1.96 bits per heavy atom. The summed E-state index contributed by atoms with van der Waals surface area (Å²) in [5.74, 6) is 0.0311. The van der Waals surface area contributed by atoms with Crippen molar-refractivity contribution in [3.8, 4) is 6.07 Å². The normalized spacial score (nSPS) is 20.7. The van der Waals surface area contributed by atoms with Crippen LogP contribution in [0.1, 0.15) is 18.4 Å². The van der Waals surface area contributed by atoms with Crippen molar-refractivity contribution in [2.75, 3.05) is 45.1 Å². The molecule has 1 aromatic rings. The van der Waals surface area contributed by atoms with Crippen LogP contribution in [0, 0.1) is 11.3 Å². The molecule has 3 amide bonds. The summed E-state index contributed by atoms with van der Waals surface area (Å²) in [7, 11) is 2.04. The number of nitrogens with one attached hydrogen (secondary N) is 1. The minimum Gasteiger partial charge on any atom is -0.338 e. The summed E-state index contributed by atoms with van der Waals surface area (Å²) in [4.78, 5) is 31.2. The van der Waals surface area contributed by atoms with E-state index >= 15 is 0 Å². The fourth-order valence-electron chi connectivity index (χ4n) is 3.38. The molecule has 1 aromatic carbocycles. The molecule has 7 nitrogen and oxygen atoms in total. The molecule has 2 heterocycles. The molecule has 8 heteroatoms. The lowest BCUT2D eigenvalue weighted by Gasteiger charge is -2.35. The Morgan fingerprint density at radius 3 is 2.62 bits per heavy atom. The first-order valence-corrected chi connectivity index (χ1v) is 9.12. The highest BCUT2D eigenvalue weighted by Crippen LogP contribution is 2.24. The molecule has 26 heavy (non-hydrogen) atoms. The quantitative estimate of drug-likeness (QED) is 0.857. The van der Waals surface area contributed by atoms with Crippen LogP contribution in [-0.4, -0.2) is 72.5 Å². The van der Waals surface area contributed by atoms with Crippen LogP contribution >= 0.6 is 11.6 Å². The molecule has 0 bridgehead atoms. The van der Waals surface area contributed by atoms with Crippen molar-refractivity contribution in [2.24, 2.45) is 0 Å². The minimum atomic E-state index is -0.410. The van der Waals surface area contributed by atoms with Gasteiger partial charge in [0.25, 0.3) is 0 Å². The molecule has 2 saturated heterocycles. The molecule has 0 unspecified atom stereocenters. The van der Waals surface area contributed by atoms with Crippen molar-refractivity contribution in [1.29, 1.82) is 5.26 Å². The number of nitrogens with zero attached hydrogens (tertiary/aromatic N) is 4. The number of hydrogen-bond donors (Lipinski definition) is 1. The molecule has 2 fully saturated rings. The highest BCUT2D eigenvalue weighted by atomic mass is 35.5. The Morgan fingerprint density at radius 1 is 1.23 bits per heavy atom. The first-order valence-electron chi connectivity index (χ1n) is 8.74. The van der Waals surface area contributed by atoms with E-state index in [1.54, 1.807) is 23.1 Å². The van der Waals surface area contributed by atoms with Crippen molar-refractivity contribution in [3.63, 3.8) is 0 Å². The average Bonchev–Trinajstić information content (AvgIpc) is 3.12. The summed E-state index contributed by atoms with van der Waals surface area (Å²) in [5, 5.41) is 12.0. The van der Waals surface area contributed by atoms with E-state index < -0.39 is 6.04 Å². The number of carbonyl (C=O) groups is 2. The second kappa shape index (κ2) is 7.94. The Bertz CT molecular complexity index is 740. The van der Waals surface area contributed by atoms with Crippen molar-refractivity contribution >= 4 is 29.2 Å². The summed E-state index contributed by atoms with van der Waals surface area (Å²) < 4.78 is 0. The number of amides is 3. The molecule has 2 aliphatic rings. The van der Waals surface area contributed by atoms with Gasteiger partial charge in [-0.2, -0.15) is 5.26 Å². The van der Waals surface area contributed by atoms with E-state index in [0.717, 1.165) is 19.5 Å². The fourth-order valence-corrected chi connectivity index (χ4v) is 3.61. The molecule has 3 rings (SSSR count). The van der Waals surface area contributed by atoms with E-state index in [1.807, 2.05) is 18.0 Å². The summed E-state index contributed by atoms with van der Waals surface area (Å²) in [6, 6.07) is 6.01. The predicted octanol–water partition coefficient (Wildman–Crippen LogP) is 1.98. The molecule has 0 saturated carbocycles. The number of urea groups is 1. The van der Waals surface area contributed by atoms with Crippen LogP contribution in [0.5, 0.6) is 0 Å². The van der Waals surface area contributed by atoms with Gasteiger partial charge in [-0.3, -0.25) is 4.79 Å². The highest BCUT2D eigenvalue weighted by Gasteiger charge is 2.37. The molecule has 0 spiro atoms. The summed E-state index contributed by atoms with van der Waals surface area (Å²) in [6.45, 7) is 3.67. The van der Waals surface area contributed by atoms with Gasteiger partial charge in [-0.25, -0.2) is 4.79 Å². The number of carbonyl (C=O) groups excluding carboxylic acids is 2. The third kappa shape index (κ3) is 3.92. The lowest BCUT2D eigenvalue weighted by atomic mass is 10.1. The van der Waals surface area contributed by atoms with Crippen LogP contribution < -0.4 is 5.32 Å². The fraction of sp³-hybridized carbons (Fsp3) is 0.500. The van der Waals surface area contributed by atoms with Crippen LogP contribution in [0.2, 0.25) is 5.02 Å². The monoisotopic (exact) mass is 375 g/mol. The zero-order valence-corrected chi connectivity index (χ0v) is 15.5. The molecular weight excluding hydrogens is 354 g/mol. The molecule has 0 aromatic heterocycles. The lowest BCUT2D eigenvalue weighted by Crippen LogP contribution is -2.54. The van der Waals surface area contributed by atoms with E-state index in [0.29, 0.717) is 37.3 Å². The number of nitriles is 1. The largest absolute Gasteiger partial charge is 0.338 e. The average molecular weight is 376 g/mol. The van der Waals surface area contributed by atoms with Gasteiger partial charge in [-0.1, -0.05) is 11.6 Å². The number of likely N-dealkylation sites (N-methyl/N-ethyl adjacent to an activating group) is 1. The number of likely N-dealkylation sites (tertiary alicyclic amines) is 1. The van der Waals surface area contributed by atoms with Crippen molar-refractivity contribution in [1.82, 2.24) is 14.7 Å². The van der Waals surface area contributed by atoms with E-state index in [4.69, 9.17) is 16.9 Å². The van der Waals surface area contributed by atoms with E-state index in [2.05, 4.69) is 10.2 Å². The predicted molar refractivity (Wildman–Crippen MR) is 99.0 cm³/mol. The SMILES string of the molecule is CN1CCN(C(=O)[C@@H]2CCCN2C(=O)Nc2ccc(C#N)c(Cl)c2)CC1. The van der Waals surface area contributed by atoms with Crippen molar-refractivity contribution in [3.05, 3.63) is 28.8 Å². The summed E-state index contributed by atoms with van der Waals surface area (Å²) >= 11 is 6.01. The minimum absolute atomic E-state index is 0.0311. The van der Waals surface area contributed by atoms with Crippen LogP contribution in [0.4, 0.5) is 10.5 Å². The zero-order chi connectivity index (χ0) is 18.7. The number of piperazine rings is 1. The first-order chi connectivity index (χ1) is 12.5. The maximum Gasteiger partial charge on any atom is 0.322 e. The summed E-state index contributed by atoms with van der Waals surface area (Å²) in [5.41, 5.74) is 0.866. The number of anilines is 1. The van der Waals surface area contributed by atoms with Gasteiger partial charge in [0.15, 0.2) is 0 Å². The molecule has 1 atom stereocenters. The number of rotatable bonds is 2. The van der Waals surface area contributed by atoms with Gasteiger partial charge in [0.1, 0.15) is 12.1 Å². The third-order valence-electron chi connectivity index (χ3n) is 4.95. The number of halogens is 1. The molecule has 138 valence electrons. The summed E-state index contributed by atoms with van der Waals surface area (Å²) in [6.07, 6.45) is 1.50. The number of hydrogen-bond acceptors (Lipinski definition) is 4. The Balaban J connectivity index is 1.65. The molecular formula is C18H22ClN5O2. The molecule has 0 radical (unpaired) electrons. The van der Waals surface area contributed by atoms with Gasteiger partial charge < -0.3 is 20.0 Å². The maximum absolute atomic E-state index is 12.8. The second-order valence-electron chi connectivity index (χ2n) is 6.72. The third-order valence-corrected chi connectivity index (χ3v) is 5.27. The Kier molecular flexibility index (Phi) is 5.64. The molecule has 0 aliphatic carbocycles. The number of benzene rings is 1. The van der Waals surface area contributed by atoms with Crippen LogP contribution in [0.25, 0.3) is 0 Å². The van der Waals surface area contributed by atoms with Crippen LogP contribution in [0.3, 0.4) is 0 Å². The Labute approximate surface area is 158 Å². The Hall–Kier alpha value is -2.30. The molecule has 2 aliphatic heterocycles. The van der Waals surface area contributed by atoms with Gasteiger partial charge in [0.05, 0.1) is 10.6 Å². The standard InChI is InChI=1S/C18H22ClN5O2/c1-22-7-9-23(10-8-22)17(25)16-3-2-6-24(16)18(26)21-14-5-4-13(12-20)15(19)11-14/h4-5,11,16H,2-3,6-10H2,1H3,(H,21,26)/t16-/m0/s1. The second-order valence-corrected chi connectivity index (χ2v) is 7.12. The van der Waals surface area contributed by atoms with Crippen molar-refractivity contribution in [2.45, 2.75) is 18.9 Å². The molecule has 1 N–H and O–H groups in total. The maximum atomic E-state index is 12.8. The van der Waals surface area contributed by atoms with Crippen LogP contribution in [0.15, 0.2) is 18.2 Å². The topological polar surface area (TPSA) is 79.7 Å². The van der Waals surface area contributed by atoms with Gasteiger partial charge in [0, 0.05) is 38.4 Å². The van der Waals surface area contributed by atoms with Gasteiger partial charge >= 0.3 is 6.03 Å².